The Balaban J connectivity index is 1.77. The Kier molecular flexibility index (Phi) is 6.16. The predicted octanol–water partition coefficient (Wildman–Crippen LogP) is 2.23. The maximum atomic E-state index is 12.1. The average Bonchev–Trinajstić information content (AvgIpc) is 2.96. The zero-order chi connectivity index (χ0) is 16.8. The number of carbonyl (C=O) groups excluding carboxylic acids is 2. The van der Waals surface area contributed by atoms with Crippen LogP contribution < -0.4 is 10.6 Å². The van der Waals surface area contributed by atoms with E-state index in [0.717, 1.165) is 29.7 Å². The summed E-state index contributed by atoms with van der Waals surface area (Å²) in [7, 11) is 1.79. The van der Waals surface area contributed by atoms with E-state index in [1.54, 1.807) is 11.9 Å². The quantitative estimate of drug-likeness (QED) is 0.846. The van der Waals surface area contributed by atoms with Crippen molar-refractivity contribution >= 4 is 17.5 Å². The number of hydrogen-bond acceptors (Lipinski definition) is 3. The molecular formula is C18H27N3O2. The molecule has 1 aliphatic carbocycles. The summed E-state index contributed by atoms with van der Waals surface area (Å²) in [4.78, 5) is 25.8. The third-order valence-corrected chi connectivity index (χ3v) is 4.43. The molecule has 0 aliphatic heterocycles. The molecule has 0 bridgehead atoms. The van der Waals surface area contributed by atoms with Crippen LogP contribution in [0.3, 0.4) is 0 Å². The Labute approximate surface area is 138 Å². The highest BCUT2D eigenvalue weighted by Crippen LogP contribution is 2.18. The van der Waals surface area contributed by atoms with Crippen molar-refractivity contribution in [2.45, 2.75) is 45.6 Å². The summed E-state index contributed by atoms with van der Waals surface area (Å²) in [5, 5.41) is 5.95. The van der Waals surface area contributed by atoms with E-state index in [1.165, 1.54) is 12.8 Å². The molecule has 126 valence electrons. The molecule has 0 spiro atoms. The van der Waals surface area contributed by atoms with Gasteiger partial charge in [0.1, 0.15) is 0 Å². The van der Waals surface area contributed by atoms with Crippen LogP contribution >= 0.6 is 0 Å². The molecule has 23 heavy (non-hydrogen) atoms. The third-order valence-electron chi connectivity index (χ3n) is 4.43. The van der Waals surface area contributed by atoms with Gasteiger partial charge in [-0.2, -0.15) is 0 Å². The number of aryl methyl sites for hydroxylation is 1. The van der Waals surface area contributed by atoms with Gasteiger partial charge in [-0.25, -0.2) is 0 Å². The lowest BCUT2D eigenvalue weighted by Gasteiger charge is -2.18. The number of amides is 2. The van der Waals surface area contributed by atoms with Crippen molar-refractivity contribution in [3.05, 3.63) is 29.3 Å². The molecule has 0 heterocycles. The lowest BCUT2D eigenvalue weighted by atomic mass is 10.1. The molecule has 1 aromatic rings. The molecule has 0 unspecified atom stereocenters. The third kappa shape index (κ3) is 5.36. The molecule has 2 rings (SSSR count). The summed E-state index contributed by atoms with van der Waals surface area (Å²) >= 11 is 0. The van der Waals surface area contributed by atoms with E-state index >= 15 is 0 Å². The Morgan fingerprint density at radius 3 is 2.48 bits per heavy atom. The van der Waals surface area contributed by atoms with Crippen LogP contribution in [-0.2, 0) is 9.59 Å². The fraction of sp³-hybridized carbons (Fsp3) is 0.556. The smallest absolute Gasteiger partial charge is 0.238 e. The van der Waals surface area contributed by atoms with Gasteiger partial charge in [0.25, 0.3) is 0 Å². The monoisotopic (exact) mass is 317 g/mol. The van der Waals surface area contributed by atoms with Crippen molar-refractivity contribution in [2.24, 2.45) is 0 Å². The molecule has 1 fully saturated rings. The maximum Gasteiger partial charge on any atom is 0.238 e. The van der Waals surface area contributed by atoms with Crippen molar-refractivity contribution < 1.29 is 9.59 Å². The zero-order valence-corrected chi connectivity index (χ0v) is 14.3. The van der Waals surface area contributed by atoms with E-state index in [4.69, 9.17) is 0 Å². The lowest BCUT2D eigenvalue weighted by Crippen LogP contribution is -2.42. The topological polar surface area (TPSA) is 61.4 Å². The van der Waals surface area contributed by atoms with Gasteiger partial charge in [0, 0.05) is 11.7 Å². The van der Waals surface area contributed by atoms with Crippen LogP contribution in [0, 0.1) is 13.8 Å². The second-order valence-corrected chi connectivity index (χ2v) is 6.52. The zero-order valence-electron chi connectivity index (χ0n) is 14.3. The minimum absolute atomic E-state index is 0.000985. The van der Waals surface area contributed by atoms with Crippen LogP contribution in [0.4, 0.5) is 5.69 Å². The number of likely N-dealkylation sites (N-methyl/N-ethyl adjacent to an activating group) is 1. The first-order chi connectivity index (χ1) is 11.0. The molecule has 0 atom stereocenters. The van der Waals surface area contributed by atoms with Crippen LogP contribution in [0.5, 0.6) is 0 Å². The maximum absolute atomic E-state index is 12.1. The second-order valence-electron chi connectivity index (χ2n) is 6.52. The molecular weight excluding hydrogens is 290 g/mol. The Bertz CT molecular complexity index is 565. The summed E-state index contributed by atoms with van der Waals surface area (Å²) in [5.41, 5.74) is 3.05. The van der Waals surface area contributed by atoms with E-state index in [2.05, 4.69) is 10.6 Å². The Morgan fingerprint density at radius 2 is 1.78 bits per heavy atom. The van der Waals surface area contributed by atoms with E-state index in [9.17, 15) is 9.59 Å². The number of nitrogens with zero attached hydrogens (tertiary/aromatic N) is 1. The molecule has 5 nitrogen and oxygen atoms in total. The van der Waals surface area contributed by atoms with Gasteiger partial charge in [0.2, 0.25) is 11.8 Å². The second kappa shape index (κ2) is 8.11. The van der Waals surface area contributed by atoms with Gasteiger partial charge in [-0.3, -0.25) is 14.5 Å². The highest BCUT2D eigenvalue weighted by molar-refractivity contribution is 5.93. The molecule has 1 aromatic carbocycles. The van der Waals surface area contributed by atoms with Crippen molar-refractivity contribution in [3.63, 3.8) is 0 Å². The predicted molar refractivity (Wildman–Crippen MR) is 92.4 cm³/mol. The number of anilines is 1. The largest absolute Gasteiger partial charge is 0.352 e. The number of nitrogens with one attached hydrogen (secondary N) is 2. The van der Waals surface area contributed by atoms with Gasteiger partial charge in [0.05, 0.1) is 13.1 Å². The van der Waals surface area contributed by atoms with Crippen LogP contribution in [0.1, 0.15) is 36.8 Å². The van der Waals surface area contributed by atoms with Crippen LogP contribution in [0.25, 0.3) is 0 Å². The average molecular weight is 317 g/mol. The van der Waals surface area contributed by atoms with Crippen LogP contribution in [0.2, 0.25) is 0 Å². The normalized spacial score (nSPS) is 15.0. The van der Waals surface area contributed by atoms with Gasteiger partial charge >= 0.3 is 0 Å². The molecule has 1 aliphatic rings. The van der Waals surface area contributed by atoms with Gasteiger partial charge in [-0.05, 0) is 50.9 Å². The molecule has 2 N–H and O–H groups in total. The Morgan fingerprint density at radius 1 is 1.13 bits per heavy atom. The van der Waals surface area contributed by atoms with Gasteiger partial charge in [-0.1, -0.05) is 25.0 Å². The van der Waals surface area contributed by atoms with Gasteiger partial charge in [0.15, 0.2) is 0 Å². The van der Waals surface area contributed by atoms with E-state index < -0.39 is 0 Å². The Hall–Kier alpha value is -1.88. The first kappa shape index (κ1) is 17.5. The summed E-state index contributed by atoms with van der Waals surface area (Å²) in [6.45, 7) is 4.45. The van der Waals surface area contributed by atoms with Gasteiger partial charge in [-0.15, -0.1) is 0 Å². The number of benzene rings is 1. The number of hydrogen-bond donors (Lipinski definition) is 2. The van der Waals surface area contributed by atoms with Gasteiger partial charge < -0.3 is 10.6 Å². The molecule has 5 heteroatoms. The summed E-state index contributed by atoms with van der Waals surface area (Å²) in [6.07, 6.45) is 4.53. The number of rotatable bonds is 6. The standard InChI is InChI=1S/C18H27N3O2/c1-13-7-6-10-16(14(13)2)20-18(23)12-21(3)11-17(22)19-15-8-4-5-9-15/h6-7,10,15H,4-5,8-9,11-12H2,1-3H3,(H,19,22)(H,20,23). The fourth-order valence-corrected chi connectivity index (χ4v) is 2.97. The van der Waals surface area contributed by atoms with E-state index in [0.29, 0.717) is 6.04 Å². The fourth-order valence-electron chi connectivity index (χ4n) is 2.97. The summed E-state index contributed by atoms with van der Waals surface area (Å²) < 4.78 is 0. The van der Waals surface area contributed by atoms with Crippen LogP contribution in [0.15, 0.2) is 18.2 Å². The summed E-state index contributed by atoms with van der Waals surface area (Å²) in [5.74, 6) is -0.103. The first-order valence-corrected chi connectivity index (χ1v) is 8.29. The van der Waals surface area contributed by atoms with Crippen molar-refractivity contribution in [1.82, 2.24) is 10.2 Å². The van der Waals surface area contributed by atoms with Crippen molar-refractivity contribution in [2.75, 3.05) is 25.5 Å². The summed E-state index contributed by atoms with van der Waals surface area (Å²) in [6, 6.07) is 6.16. The minimum Gasteiger partial charge on any atom is -0.352 e. The minimum atomic E-state index is -0.102. The molecule has 0 radical (unpaired) electrons. The highest BCUT2D eigenvalue weighted by Gasteiger charge is 2.18. The molecule has 0 aromatic heterocycles. The van der Waals surface area contributed by atoms with Crippen molar-refractivity contribution in [3.8, 4) is 0 Å². The van der Waals surface area contributed by atoms with Crippen LogP contribution in [-0.4, -0.2) is 42.9 Å². The molecule has 1 saturated carbocycles. The van der Waals surface area contributed by atoms with E-state index in [-0.39, 0.29) is 24.9 Å². The van der Waals surface area contributed by atoms with E-state index in [1.807, 2.05) is 32.0 Å². The molecule has 0 saturated heterocycles. The number of carbonyl (C=O) groups is 2. The highest BCUT2D eigenvalue weighted by atomic mass is 16.2. The van der Waals surface area contributed by atoms with Crippen molar-refractivity contribution in [1.29, 1.82) is 0 Å². The SMILES string of the molecule is Cc1cccc(NC(=O)CN(C)CC(=O)NC2CCCC2)c1C. The first-order valence-electron chi connectivity index (χ1n) is 8.29. The molecule has 2 amide bonds. The lowest BCUT2D eigenvalue weighted by molar-refractivity contribution is -0.123.